The third-order valence-electron chi connectivity index (χ3n) is 4.70. The molecule has 8 heteroatoms. The molecule has 2 aromatic carbocycles. The summed E-state index contributed by atoms with van der Waals surface area (Å²) in [6.45, 7) is 2.43. The number of piperidine rings is 1. The Balaban J connectivity index is 1.73. The molecule has 0 radical (unpaired) electrons. The van der Waals surface area contributed by atoms with E-state index in [1.807, 2.05) is 25.1 Å². The smallest absolute Gasteiger partial charge is 0.255 e. The zero-order valence-corrected chi connectivity index (χ0v) is 17.3. The van der Waals surface area contributed by atoms with Gasteiger partial charge in [0.2, 0.25) is 10.0 Å². The monoisotopic (exact) mass is 420 g/mol. The SMILES string of the molecule is CC1CCCCN1S(=O)(=O)c1ccc(NS(=O)(=O)C=Cc2ccccc2)cc1. The molecule has 1 unspecified atom stereocenters. The fraction of sp³-hybridized carbons (Fsp3) is 0.300. The molecule has 0 amide bonds. The number of nitrogens with zero attached hydrogens (tertiary/aromatic N) is 1. The van der Waals surface area contributed by atoms with Gasteiger partial charge in [0, 0.05) is 18.3 Å². The minimum absolute atomic E-state index is 0.0277. The summed E-state index contributed by atoms with van der Waals surface area (Å²) in [6.07, 6.45) is 4.24. The van der Waals surface area contributed by atoms with Crippen molar-refractivity contribution in [3.8, 4) is 0 Å². The largest absolute Gasteiger partial charge is 0.280 e. The van der Waals surface area contributed by atoms with Crippen LogP contribution in [0.2, 0.25) is 0 Å². The first-order valence-electron chi connectivity index (χ1n) is 9.16. The molecule has 0 aliphatic carbocycles. The molecule has 1 saturated heterocycles. The van der Waals surface area contributed by atoms with E-state index in [9.17, 15) is 16.8 Å². The van der Waals surface area contributed by atoms with E-state index in [4.69, 9.17) is 0 Å². The van der Waals surface area contributed by atoms with Crippen LogP contribution < -0.4 is 4.72 Å². The van der Waals surface area contributed by atoms with Crippen LogP contribution in [0.15, 0.2) is 64.9 Å². The molecule has 1 N–H and O–H groups in total. The molecule has 28 heavy (non-hydrogen) atoms. The molecule has 0 aromatic heterocycles. The van der Waals surface area contributed by atoms with Crippen LogP contribution >= 0.6 is 0 Å². The minimum atomic E-state index is -3.70. The van der Waals surface area contributed by atoms with Crippen LogP contribution in [0, 0.1) is 0 Å². The summed E-state index contributed by atoms with van der Waals surface area (Å²) >= 11 is 0. The Kier molecular flexibility index (Phi) is 6.22. The zero-order chi connectivity index (χ0) is 20.2. The Morgan fingerprint density at radius 3 is 2.29 bits per heavy atom. The van der Waals surface area contributed by atoms with Gasteiger partial charge in [-0.2, -0.15) is 4.31 Å². The van der Waals surface area contributed by atoms with E-state index in [0.29, 0.717) is 12.2 Å². The van der Waals surface area contributed by atoms with Gasteiger partial charge in [0.05, 0.1) is 10.3 Å². The topological polar surface area (TPSA) is 83.6 Å². The van der Waals surface area contributed by atoms with E-state index in [0.717, 1.165) is 30.2 Å². The fourth-order valence-electron chi connectivity index (χ4n) is 3.19. The van der Waals surface area contributed by atoms with Gasteiger partial charge in [-0.1, -0.05) is 36.8 Å². The highest BCUT2D eigenvalue weighted by atomic mass is 32.2. The first-order valence-corrected chi connectivity index (χ1v) is 12.1. The first-order chi connectivity index (χ1) is 13.3. The number of nitrogens with one attached hydrogen (secondary N) is 1. The molecule has 1 fully saturated rings. The average Bonchev–Trinajstić information content (AvgIpc) is 2.68. The van der Waals surface area contributed by atoms with E-state index < -0.39 is 20.0 Å². The number of hydrogen-bond donors (Lipinski definition) is 1. The Bertz CT molecular complexity index is 1030. The van der Waals surface area contributed by atoms with Crippen LogP contribution in [0.4, 0.5) is 5.69 Å². The number of benzene rings is 2. The Hall–Kier alpha value is -2.16. The molecule has 0 spiro atoms. The van der Waals surface area contributed by atoms with Gasteiger partial charge in [-0.05, 0) is 55.7 Å². The Morgan fingerprint density at radius 1 is 0.964 bits per heavy atom. The molecule has 2 aromatic rings. The van der Waals surface area contributed by atoms with Crippen molar-refractivity contribution in [2.24, 2.45) is 0 Å². The van der Waals surface area contributed by atoms with Crippen molar-refractivity contribution in [3.05, 3.63) is 65.6 Å². The van der Waals surface area contributed by atoms with E-state index in [2.05, 4.69) is 4.72 Å². The zero-order valence-electron chi connectivity index (χ0n) is 15.7. The molecule has 1 heterocycles. The Morgan fingerprint density at radius 2 is 1.64 bits per heavy atom. The summed E-state index contributed by atoms with van der Waals surface area (Å²) in [6, 6.07) is 14.9. The standard InChI is InChI=1S/C20H24N2O4S2/c1-17-7-5-6-15-22(17)28(25,26)20-12-10-19(11-13-20)21-27(23,24)16-14-18-8-3-2-4-9-18/h2-4,8-14,16-17,21H,5-7,15H2,1H3. The van der Waals surface area contributed by atoms with Crippen LogP contribution in [0.3, 0.4) is 0 Å². The maximum atomic E-state index is 12.8. The molecule has 1 atom stereocenters. The quantitative estimate of drug-likeness (QED) is 0.773. The summed E-state index contributed by atoms with van der Waals surface area (Å²) in [5.41, 5.74) is 1.08. The molecule has 0 saturated carbocycles. The van der Waals surface area contributed by atoms with Crippen molar-refractivity contribution in [3.63, 3.8) is 0 Å². The van der Waals surface area contributed by atoms with Gasteiger partial charge < -0.3 is 0 Å². The summed E-state index contributed by atoms with van der Waals surface area (Å²) in [5.74, 6) is 0. The van der Waals surface area contributed by atoms with Crippen molar-refractivity contribution in [2.45, 2.75) is 37.1 Å². The molecule has 1 aliphatic heterocycles. The second-order valence-electron chi connectivity index (χ2n) is 6.85. The van der Waals surface area contributed by atoms with E-state index in [1.165, 1.54) is 34.6 Å². The molecule has 1 aliphatic rings. The van der Waals surface area contributed by atoms with Crippen molar-refractivity contribution >= 4 is 31.8 Å². The summed E-state index contributed by atoms with van der Waals surface area (Å²) < 4.78 is 54.1. The van der Waals surface area contributed by atoms with E-state index >= 15 is 0 Å². The van der Waals surface area contributed by atoms with E-state index in [-0.39, 0.29) is 10.9 Å². The van der Waals surface area contributed by atoms with Gasteiger partial charge in [-0.15, -0.1) is 0 Å². The summed E-state index contributed by atoms with van der Waals surface area (Å²) in [4.78, 5) is 0.170. The predicted octanol–water partition coefficient (Wildman–Crippen LogP) is 3.66. The highest BCUT2D eigenvalue weighted by molar-refractivity contribution is 7.95. The Labute approximate surface area is 167 Å². The van der Waals surface area contributed by atoms with Gasteiger partial charge in [0.15, 0.2) is 0 Å². The predicted molar refractivity (Wildman–Crippen MR) is 112 cm³/mol. The normalized spacial score (nSPS) is 19.0. The van der Waals surface area contributed by atoms with Crippen LogP contribution in [0.25, 0.3) is 6.08 Å². The molecule has 6 nitrogen and oxygen atoms in total. The highest BCUT2D eigenvalue weighted by Crippen LogP contribution is 2.26. The summed E-state index contributed by atoms with van der Waals surface area (Å²) in [7, 11) is -7.28. The lowest BCUT2D eigenvalue weighted by Gasteiger charge is -2.32. The maximum absolute atomic E-state index is 12.8. The lowest BCUT2D eigenvalue weighted by atomic mass is 10.1. The molecule has 150 valence electrons. The lowest BCUT2D eigenvalue weighted by molar-refractivity contribution is 0.268. The molecular weight excluding hydrogens is 396 g/mol. The first kappa shape index (κ1) is 20.6. The average molecular weight is 421 g/mol. The van der Waals surface area contributed by atoms with Gasteiger partial charge >= 0.3 is 0 Å². The van der Waals surface area contributed by atoms with Gasteiger partial charge in [-0.3, -0.25) is 4.72 Å². The van der Waals surface area contributed by atoms with Crippen LogP contribution in [0.5, 0.6) is 0 Å². The van der Waals surface area contributed by atoms with Gasteiger partial charge in [0.25, 0.3) is 10.0 Å². The van der Waals surface area contributed by atoms with Crippen LogP contribution in [0.1, 0.15) is 31.7 Å². The van der Waals surface area contributed by atoms with Crippen molar-refractivity contribution < 1.29 is 16.8 Å². The number of sulfonamides is 2. The maximum Gasteiger partial charge on any atom is 0.255 e. The third-order valence-corrected chi connectivity index (χ3v) is 7.74. The van der Waals surface area contributed by atoms with Crippen LogP contribution in [-0.4, -0.2) is 33.7 Å². The van der Waals surface area contributed by atoms with Crippen LogP contribution in [-0.2, 0) is 20.0 Å². The summed E-state index contributed by atoms with van der Waals surface area (Å²) in [5, 5.41) is 1.09. The van der Waals surface area contributed by atoms with Gasteiger partial charge in [0.1, 0.15) is 0 Å². The number of anilines is 1. The fourth-order valence-corrected chi connectivity index (χ4v) is 5.76. The van der Waals surface area contributed by atoms with Crippen molar-refractivity contribution in [1.29, 1.82) is 0 Å². The van der Waals surface area contributed by atoms with Crippen molar-refractivity contribution in [1.82, 2.24) is 4.31 Å². The number of rotatable bonds is 6. The second-order valence-corrected chi connectivity index (χ2v) is 10.3. The molecular formula is C20H24N2O4S2. The van der Waals surface area contributed by atoms with Gasteiger partial charge in [-0.25, -0.2) is 16.8 Å². The third kappa shape index (κ3) is 5.01. The second kappa shape index (κ2) is 8.46. The lowest BCUT2D eigenvalue weighted by Crippen LogP contribution is -2.41. The van der Waals surface area contributed by atoms with Crippen molar-refractivity contribution in [2.75, 3.05) is 11.3 Å². The molecule has 3 rings (SSSR count). The molecule has 0 bridgehead atoms. The van der Waals surface area contributed by atoms with E-state index in [1.54, 1.807) is 12.1 Å². The number of hydrogen-bond acceptors (Lipinski definition) is 4. The minimum Gasteiger partial charge on any atom is -0.280 e. The highest BCUT2D eigenvalue weighted by Gasteiger charge is 2.30.